The molecule has 2 aromatic rings. The summed E-state index contributed by atoms with van der Waals surface area (Å²) in [5.74, 6) is 1.82. The van der Waals surface area contributed by atoms with Crippen LogP contribution in [0.25, 0.3) is 11.5 Å². The highest BCUT2D eigenvalue weighted by atomic mass is 35.5. The zero-order chi connectivity index (χ0) is 14.1. The Morgan fingerprint density at radius 3 is 2.80 bits per heavy atom. The van der Waals surface area contributed by atoms with Crippen LogP contribution in [0.15, 0.2) is 16.8 Å². The molecule has 3 rings (SSSR count). The van der Waals surface area contributed by atoms with Crippen molar-refractivity contribution in [1.82, 2.24) is 19.9 Å². The lowest BCUT2D eigenvalue weighted by Crippen LogP contribution is -2.29. The molecule has 0 atom stereocenters. The number of nitrogen functional groups attached to an aromatic ring is 1. The van der Waals surface area contributed by atoms with E-state index in [0.717, 1.165) is 31.8 Å². The van der Waals surface area contributed by atoms with E-state index in [1.807, 2.05) is 0 Å². The molecule has 0 aliphatic carbocycles. The molecule has 6 nitrogen and oxygen atoms in total. The molecule has 2 N–H and O–H groups in total. The zero-order valence-electron chi connectivity index (χ0n) is 11.2. The van der Waals surface area contributed by atoms with Gasteiger partial charge in [-0.15, -0.1) is 0 Å². The smallest absolute Gasteiger partial charge is 0.220 e. The first kappa shape index (κ1) is 13.3. The summed E-state index contributed by atoms with van der Waals surface area (Å²) in [6.07, 6.45) is 5.23. The summed E-state index contributed by atoms with van der Waals surface area (Å²) >= 11 is 6.07. The molecule has 0 bridgehead atoms. The minimum Gasteiger partial charge on any atom is -0.439 e. The molecule has 2 aromatic heterocycles. The fraction of sp³-hybridized carbons (Fsp3) is 0.462. The maximum absolute atomic E-state index is 6.07. The lowest BCUT2D eigenvalue weighted by Gasteiger charge is -2.26. The minimum atomic E-state index is 0.168. The van der Waals surface area contributed by atoms with Crippen molar-refractivity contribution in [3.05, 3.63) is 23.3 Å². The van der Waals surface area contributed by atoms with Crippen LogP contribution in [-0.4, -0.2) is 40.0 Å². The number of nitrogens with two attached hydrogens (primary N) is 1. The Hall–Kier alpha value is -1.66. The molecule has 20 heavy (non-hydrogen) atoms. The first-order valence-corrected chi connectivity index (χ1v) is 6.94. The number of piperidine rings is 1. The molecule has 1 aliphatic rings. The van der Waals surface area contributed by atoms with Gasteiger partial charge in [0.1, 0.15) is 5.69 Å². The Morgan fingerprint density at radius 1 is 1.30 bits per heavy atom. The summed E-state index contributed by atoms with van der Waals surface area (Å²) in [6.45, 7) is 2.12. The van der Waals surface area contributed by atoms with Crippen LogP contribution in [0.4, 0.5) is 5.95 Å². The molecule has 0 radical (unpaired) electrons. The van der Waals surface area contributed by atoms with Gasteiger partial charge >= 0.3 is 0 Å². The second-order valence-electron chi connectivity index (χ2n) is 5.07. The third kappa shape index (κ3) is 2.62. The van der Waals surface area contributed by atoms with Crippen LogP contribution in [-0.2, 0) is 0 Å². The van der Waals surface area contributed by atoms with Crippen molar-refractivity contribution < 1.29 is 4.42 Å². The third-order valence-corrected chi connectivity index (χ3v) is 3.86. The second kappa shape index (κ2) is 5.38. The lowest BCUT2D eigenvalue weighted by atomic mass is 9.97. The molecular formula is C13H16ClN5O. The Balaban J connectivity index is 1.85. The van der Waals surface area contributed by atoms with Crippen LogP contribution in [0.5, 0.6) is 0 Å². The maximum atomic E-state index is 6.07. The van der Waals surface area contributed by atoms with Gasteiger partial charge in [-0.05, 0) is 33.0 Å². The first-order chi connectivity index (χ1) is 9.63. The number of hydrogen-bond acceptors (Lipinski definition) is 6. The summed E-state index contributed by atoms with van der Waals surface area (Å²) in [7, 11) is 2.13. The number of nitrogens with zero attached hydrogens (tertiary/aromatic N) is 4. The van der Waals surface area contributed by atoms with E-state index in [1.165, 1.54) is 6.20 Å². The minimum absolute atomic E-state index is 0.168. The van der Waals surface area contributed by atoms with Gasteiger partial charge in [0.25, 0.3) is 0 Å². The van der Waals surface area contributed by atoms with Gasteiger partial charge in [0.05, 0.1) is 17.4 Å². The summed E-state index contributed by atoms with van der Waals surface area (Å²) < 4.78 is 5.82. The van der Waals surface area contributed by atoms with Crippen molar-refractivity contribution >= 4 is 17.5 Å². The molecule has 0 spiro atoms. The van der Waals surface area contributed by atoms with Gasteiger partial charge in [0.15, 0.2) is 11.7 Å². The van der Waals surface area contributed by atoms with Crippen LogP contribution in [0.3, 0.4) is 0 Å². The number of aromatic nitrogens is 3. The van der Waals surface area contributed by atoms with E-state index in [4.69, 9.17) is 21.8 Å². The number of anilines is 1. The Bertz CT molecular complexity index is 607. The standard InChI is InChI=1S/C13H16ClN5O/c1-19-4-2-8(3-5-19)12-16-7-10(20-12)11-9(14)6-17-13(15)18-11/h6-8H,2-5H2,1H3,(H2,15,17,18). The van der Waals surface area contributed by atoms with E-state index in [-0.39, 0.29) is 5.95 Å². The predicted octanol–water partition coefficient (Wildman–Crippen LogP) is 2.18. The molecule has 1 aliphatic heterocycles. The molecule has 1 fully saturated rings. The van der Waals surface area contributed by atoms with E-state index in [2.05, 4.69) is 26.9 Å². The Kier molecular flexibility index (Phi) is 3.58. The molecule has 0 unspecified atom stereocenters. The normalized spacial score (nSPS) is 17.5. The van der Waals surface area contributed by atoms with Crippen molar-refractivity contribution in [3.63, 3.8) is 0 Å². The number of oxazole rings is 1. The zero-order valence-corrected chi connectivity index (χ0v) is 12.0. The molecule has 1 saturated heterocycles. The SMILES string of the molecule is CN1CCC(c2ncc(-c3nc(N)ncc3Cl)o2)CC1. The average Bonchev–Trinajstić information content (AvgIpc) is 2.92. The molecule has 7 heteroatoms. The van der Waals surface area contributed by atoms with Crippen LogP contribution in [0.1, 0.15) is 24.7 Å². The van der Waals surface area contributed by atoms with Crippen LogP contribution in [0, 0.1) is 0 Å². The van der Waals surface area contributed by atoms with Gasteiger partial charge in [0, 0.05) is 5.92 Å². The number of halogens is 1. The topological polar surface area (TPSA) is 81.1 Å². The molecular weight excluding hydrogens is 278 g/mol. The molecule has 0 saturated carbocycles. The second-order valence-corrected chi connectivity index (χ2v) is 5.47. The fourth-order valence-electron chi connectivity index (χ4n) is 2.39. The number of hydrogen-bond donors (Lipinski definition) is 1. The van der Waals surface area contributed by atoms with Gasteiger partial charge < -0.3 is 15.1 Å². The van der Waals surface area contributed by atoms with Crippen molar-refractivity contribution in [2.45, 2.75) is 18.8 Å². The molecule has 0 aromatic carbocycles. The Labute approximate surface area is 122 Å². The monoisotopic (exact) mass is 293 g/mol. The van der Waals surface area contributed by atoms with Gasteiger partial charge in [-0.2, -0.15) is 0 Å². The van der Waals surface area contributed by atoms with Crippen molar-refractivity contribution in [2.24, 2.45) is 0 Å². The summed E-state index contributed by atoms with van der Waals surface area (Å²) in [5.41, 5.74) is 6.07. The lowest BCUT2D eigenvalue weighted by molar-refractivity contribution is 0.238. The van der Waals surface area contributed by atoms with Gasteiger partial charge in [0.2, 0.25) is 5.95 Å². The predicted molar refractivity (Wildman–Crippen MR) is 76.4 cm³/mol. The van der Waals surface area contributed by atoms with Crippen molar-refractivity contribution in [1.29, 1.82) is 0 Å². The summed E-state index contributed by atoms with van der Waals surface area (Å²) in [5, 5.41) is 0.408. The first-order valence-electron chi connectivity index (χ1n) is 6.56. The van der Waals surface area contributed by atoms with E-state index in [1.54, 1.807) is 6.20 Å². The van der Waals surface area contributed by atoms with Crippen LogP contribution in [0.2, 0.25) is 5.02 Å². The Morgan fingerprint density at radius 2 is 2.05 bits per heavy atom. The van der Waals surface area contributed by atoms with Gasteiger partial charge in [-0.3, -0.25) is 0 Å². The van der Waals surface area contributed by atoms with E-state index in [0.29, 0.717) is 22.4 Å². The summed E-state index contributed by atoms with van der Waals surface area (Å²) in [4.78, 5) is 14.6. The van der Waals surface area contributed by atoms with Crippen LogP contribution < -0.4 is 5.73 Å². The number of rotatable bonds is 2. The summed E-state index contributed by atoms with van der Waals surface area (Å²) in [6, 6.07) is 0. The molecule has 106 valence electrons. The fourth-order valence-corrected chi connectivity index (χ4v) is 2.58. The highest BCUT2D eigenvalue weighted by molar-refractivity contribution is 6.32. The van der Waals surface area contributed by atoms with Crippen molar-refractivity contribution in [3.8, 4) is 11.5 Å². The van der Waals surface area contributed by atoms with Crippen molar-refractivity contribution in [2.75, 3.05) is 25.9 Å². The van der Waals surface area contributed by atoms with E-state index in [9.17, 15) is 0 Å². The highest BCUT2D eigenvalue weighted by Gasteiger charge is 2.23. The average molecular weight is 294 g/mol. The third-order valence-electron chi connectivity index (χ3n) is 3.59. The number of likely N-dealkylation sites (tertiary alicyclic amines) is 1. The van der Waals surface area contributed by atoms with Crippen LogP contribution >= 0.6 is 11.6 Å². The molecule has 0 amide bonds. The molecule has 3 heterocycles. The highest BCUT2D eigenvalue weighted by Crippen LogP contribution is 2.31. The quantitative estimate of drug-likeness (QED) is 0.914. The maximum Gasteiger partial charge on any atom is 0.220 e. The van der Waals surface area contributed by atoms with Gasteiger partial charge in [-0.1, -0.05) is 11.6 Å². The van der Waals surface area contributed by atoms with Gasteiger partial charge in [-0.25, -0.2) is 15.0 Å². The van der Waals surface area contributed by atoms with E-state index >= 15 is 0 Å². The largest absolute Gasteiger partial charge is 0.439 e. The van der Waals surface area contributed by atoms with E-state index < -0.39 is 0 Å².